The lowest BCUT2D eigenvalue weighted by Gasteiger charge is -2.02. The molecular weight excluding hydrogens is 222 g/mol. The molecule has 0 saturated heterocycles. The molecule has 1 aromatic rings. The van der Waals surface area contributed by atoms with Crippen molar-refractivity contribution in [2.75, 3.05) is 0 Å². The van der Waals surface area contributed by atoms with Crippen molar-refractivity contribution in [2.24, 2.45) is 0 Å². The Morgan fingerprint density at radius 3 is 2.75 bits per heavy atom. The smallest absolute Gasteiger partial charge is 0.367 e. The highest BCUT2D eigenvalue weighted by Gasteiger charge is 2.17. The molecule has 0 heterocycles. The fourth-order valence-electron chi connectivity index (χ4n) is 0.866. The van der Waals surface area contributed by atoms with Gasteiger partial charge in [0.05, 0.1) is 0 Å². The Bertz CT molecular complexity index is 301. The van der Waals surface area contributed by atoms with Crippen LogP contribution in [0.15, 0.2) is 28.7 Å². The van der Waals surface area contributed by atoms with E-state index in [1.807, 2.05) is 6.07 Å². The molecule has 0 aliphatic carbocycles. The molecule has 12 heavy (non-hydrogen) atoms. The van der Waals surface area contributed by atoms with E-state index in [0.29, 0.717) is 5.56 Å². The van der Waals surface area contributed by atoms with Crippen LogP contribution in [0.3, 0.4) is 0 Å². The van der Waals surface area contributed by atoms with E-state index in [0.717, 1.165) is 4.47 Å². The Morgan fingerprint density at radius 1 is 1.58 bits per heavy atom. The highest BCUT2D eigenvalue weighted by atomic mass is 79.9. The van der Waals surface area contributed by atoms with Crippen LogP contribution in [0, 0.1) is 0 Å². The number of carboxylic acids is 1. The minimum atomic E-state index is -0.909. The lowest BCUT2D eigenvalue weighted by molar-refractivity contribution is -0.413. The number of quaternary nitrogens is 1. The predicted molar refractivity (Wildman–Crippen MR) is 47.4 cm³/mol. The number of carboxylic acid groups (broad SMARTS) is 1. The molecule has 0 aliphatic heterocycles. The predicted octanol–water partition coefficient (Wildman–Crippen LogP) is 0.817. The van der Waals surface area contributed by atoms with Gasteiger partial charge in [-0.2, -0.15) is 0 Å². The van der Waals surface area contributed by atoms with Gasteiger partial charge in [0.2, 0.25) is 6.04 Å². The molecule has 4 N–H and O–H groups in total. The van der Waals surface area contributed by atoms with Crippen LogP contribution in [0.1, 0.15) is 11.6 Å². The van der Waals surface area contributed by atoms with Gasteiger partial charge in [-0.15, -0.1) is 0 Å². The molecule has 64 valence electrons. The molecule has 1 aromatic carbocycles. The Morgan fingerprint density at radius 2 is 2.25 bits per heavy atom. The van der Waals surface area contributed by atoms with Gasteiger partial charge in [-0.3, -0.25) is 0 Å². The molecule has 0 spiro atoms. The lowest BCUT2D eigenvalue weighted by atomic mass is 10.1. The van der Waals surface area contributed by atoms with Crippen molar-refractivity contribution in [3.05, 3.63) is 34.3 Å². The monoisotopic (exact) mass is 230 g/mol. The van der Waals surface area contributed by atoms with E-state index in [4.69, 9.17) is 5.11 Å². The number of rotatable bonds is 2. The number of hydrogen-bond donors (Lipinski definition) is 2. The molecule has 0 amide bonds. The molecule has 3 nitrogen and oxygen atoms in total. The topological polar surface area (TPSA) is 64.9 Å². The number of halogens is 1. The summed E-state index contributed by atoms with van der Waals surface area (Å²) in [6, 6.07) is 6.45. The van der Waals surface area contributed by atoms with Crippen molar-refractivity contribution in [1.29, 1.82) is 0 Å². The van der Waals surface area contributed by atoms with Crippen LogP contribution >= 0.6 is 15.9 Å². The van der Waals surface area contributed by atoms with Crippen LogP contribution in [-0.2, 0) is 4.79 Å². The van der Waals surface area contributed by atoms with Gasteiger partial charge < -0.3 is 10.8 Å². The van der Waals surface area contributed by atoms with Gasteiger partial charge in [0.15, 0.2) is 0 Å². The van der Waals surface area contributed by atoms with Crippen LogP contribution in [-0.4, -0.2) is 11.1 Å². The number of hydrogen-bond acceptors (Lipinski definition) is 1. The van der Waals surface area contributed by atoms with Gasteiger partial charge in [0.1, 0.15) is 0 Å². The maximum atomic E-state index is 10.5. The SMILES string of the molecule is [NH3+]C(C(=O)O)c1cccc(Br)c1. The van der Waals surface area contributed by atoms with Crippen molar-refractivity contribution in [1.82, 2.24) is 0 Å². The maximum absolute atomic E-state index is 10.5. The molecule has 0 fully saturated rings. The summed E-state index contributed by atoms with van der Waals surface area (Å²) in [5, 5.41) is 8.65. The summed E-state index contributed by atoms with van der Waals surface area (Å²) in [5.41, 5.74) is 4.23. The minimum absolute atomic E-state index is 0.692. The van der Waals surface area contributed by atoms with Gasteiger partial charge >= 0.3 is 5.97 Å². The van der Waals surface area contributed by atoms with Crippen molar-refractivity contribution < 1.29 is 15.6 Å². The van der Waals surface area contributed by atoms with E-state index >= 15 is 0 Å². The molecule has 0 radical (unpaired) electrons. The first-order valence-electron chi connectivity index (χ1n) is 3.42. The maximum Gasteiger partial charge on any atom is 0.367 e. The summed E-state index contributed by atoms with van der Waals surface area (Å²) in [4.78, 5) is 10.5. The average molecular weight is 231 g/mol. The van der Waals surface area contributed by atoms with Crippen molar-refractivity contribution in [3.8, 4) is 0 Å². The fraction of sp³-hybridized carbons (Fsp3) is 0.125. The Hall–Kier alpha value is -0.870. The van der Waals surface area contributed by atoms with Crippen molar-refractivity contribution >= 4 is 21.9 Å². The first kappa shape index (κ1) is 9.22. The number of carbonyl (C=O) groups is 1. The third-order valence-electron chi connectivity index (χ3n) is 1.55. The second kappa shape index (κ2) is 3.69. The van der Waals surface area contributed by atoms with Gasteiger partial charge in [-0.05, 0) is 12.1 Å². The first-order chi connectivity index (χ1) is 5.61. The van der Waals surface area contributed by atoms with Crippen LogP contribution in [0.4, 0.5) is 0 Å². The highest BCUT2D eigenvalue weighted by molar-refractivity contribution is 9.10. The van der Waals surface area contributed by atoms with Gasteiger partial charge in [0, 0.05) is 10.0 Å². The third kappa shape index (κ3) is 2.06. The summed E-state index contributed by atoms with van der Waals surface area (Å²) in [5.74, 6) is -0.909. The van der Waals surface area contributed by atoms with E-state index in [2.05, 4.69) is 21.7 Å². The minimum Gasteiger partial charge on any atom is -0.477 e. The number of aliphatic carboxylic acids is 1. The molecular formula is C8H9BrNO2+. The zero-order chi connectivity index (χ0) is 9.14. The molecule has 0 aromatic heterocycles. The highest BCUT2D eigenvalue weighted by Crippen LogP contribution is 2.15. The summed E-state index contributed by atoms with van der Waals surface area (Å²) in [7, 11) is 0. The molecule has 1 rings (SSSR count). The summed E-state index contributed by atoms with van der Waals surface area (Å²) < 4.78 is 0.870. The zero-order valence-corrected chi connectivity index (χ0v) is 7.91. The zero-order valence-electron chi connectivity index (χ0n) is 6.33. The summed E-state index contributed by atoms with van der Waals surface area (Å²) in [6.45, 7) is 0. The van der Waals surface area contributed by atoms with E-state index in [9.17, 15) is 4.79 Å². The fourth-order valence-corrected chi connectivity index (χ4v) is 1.28. The van der Waals surface area contributed by atoms with Gasteiger partial charge in [-0.25, -0.2) is 4.79 Å². The second-order valence-electron chi connectivity index (χ2n) is 2.45. The van der Waals surface area contributed by atoms with E-state index in [-0.39, 0.29) is 0 Å². The van der Waals surface area contributed by atoms with Gasteiger partial charge in [0.25, 0.3) is 0 Å². The summed E-state index contributed by atoms with van der Waals surface area (Å²) in [6.07, 6.45) is 0. The van der Waals surface area contributed by atoms with Crippen LogP contribution < -0.4 is 5.73 Å². The second-order valence-corrected chi connectivity index (χ2v) is 3.36. The normalized spacial score (nSPS) is 12.5. The standard InChI is InChI=1S/C8H8BrNO2/c9-6-3-1-2-5(4-6)7(10)8(11)12/h1-4,7H,10H2,(H,11,12)/p+1. The molecule has 1 atom stereocenters. The van der Waals surface area contributed by atoms with E-state index in [1.54, 1.807) is 18.2 Å². The van der Waals surface area contributed by atoms with Crippen LogP contribution in [0.5, 0.6) is 0 Å². The quantitative estimate of drug-likeness (QED) is 0.791. The van der Waals surface area contributed by atoms with Crippen molar-refractivity contribution in [3.63, 3.8) is 0 Å². The van der Waals surface area contributed by atoms with E-state index < -0.39 is 12.0 Å². The van der Waals surface area contributed by atoms with Crippen molar-refractivity contribution in [2.45, 2.75) is 6.04 Å². The molecule has 0 saturated carbocycles. The van der Waals surface area contributed by atoms with Crippen LogP contribution in [0.2, 0.25) is 0 Å². The molecule has 0 bridgehead atoms. The Balaban J connectivity index is 2.95. The van der Waals surface area contributed by atoms with Crippen LogP contribution in [0.25, 0.3) is 0 Å². The largest absolute Gasteiger partial charge is 0.477 e. The Labute approximate surface area is 78.3 Å². The average Bonchev–Trinajstić information content (AvgIpc) is 2.03. The third-order valence-corrected chi connectivity index (χ3v) is 2.04. The number of benzene rings is 1. The molecule has 4 heteroatoms. The lowest BCUT2D eigenvalue weighted by Crippen LogP contribution is -2.57. The van der Waals surface area contributed by atoms with Gasteiger partial charge in [-0.1, -0.05) is 28.1 Å². The molecule has 0 aliphatic rings. The summed E-state index contributed by atoms with van der Waals surface area (Å²) >= 11 is 3.26. The Kier molecular flexibility index (Phi) is 2.83. The van der Waals surface area contributed by atoms with E-state index in [1.165, 1.54) is 0 Å². The first-order valence-corrected chi connectivity index (χ1v) is 4.22. The molecule has 1 unspecified atom stereocenters.